The Labute approximate surface area is 138 Å². The van der Waals surface area contributed by atoms with Crippen LogP contribution in [-0.4, -0.2) is 30.6 Å². The zero-order valence-electron chi connectivity index (χ0n) is 12.7. The molecule has 1 saturated heterocycles. The van der Waals surface area contributed by atoms with Crippen LogP contribution in [0.25, 0.3) is 0 Å². The second-order valence-corrected chi connectivity index (χ2v) is 6.42. The number of anilines is 1. The van der Waals surface area contributed by atoms with Gasteiger partial charge in [-0.1, -0.05) is 0 Å². The van der Waals surface area contributed by atoms with Crippen LogP contribution in [0.5, 0.6) is 0 Å². The van der Waals surface area contributed by atoms with Gasteiger partial charge in [-0.3, -0.25) is 4.79 Å². The molecule has 1 unspecified atom stereocenters. The second kappa shape index (κ2) is 7.10. The normalized spacial score (nSPS) is 15.7. The second-order valence-electron chi connectivity index (χ2n) is 5.64. The number of amides is 1. The summed E-state index contributed by atoms with van der Waals surface area (Å²) >= 11 is 1.49. The molecule has 1 amide bonds. The minimum Gasteiger partial charge on any atom is -0.387 e. The summed E-state index contributed by atoms with van der Waals surface area (Å²) in [7, 11) is 0. The van der Waals surface area contributed by atoms with Gasteiger partial charge in [-0.15, -0.1) is 0 Å². The third kappa shape index (κ3) is 3.71. The van der Waals surface area contributed by atoms with Crippen LogP contribution in [0.1, 0.15) is 34.9 Å². The smallest absolute Gasteiger partial charge is 0.251 e. The van der Waals surface area contributed by atoms with Gasteiger partial charge in [-0.25, -0.2) is 4.39 Å². The highest BCUT2D eigenvalue weighted by atomic mass is 32.1. The van der Waals surface area contributed by atoms with E-state index in [1.165, 1.54) is 17.4 Å². The van der Waals surface area contributed by atoms with Gasteiger partial charge in [-0.2, -0.15) is 11.3 Å². The lowest BCUT2D eigenvalue weighted by Gasteiger charge is -2.18. The van der Waals surface area contributed by atoms with Gasteiger partial charge in [0.05, 0.1) is 11.8 Å². The molecule has 1 atom stereocenters. The van der Waals surface area contributed by atoms with E-state index < -0.39 is 6.10 Å². The van der Waals surface area contributed by atoms with E-state index in [2.05, 4.69) is 5.32 Å². The third-order valence-corrected chi connectivity index (χ3v) is 4.74. The van der Waals surface area contributed by atoms with Gasteiger partial charge >= 0.3 is 0 Å². The van der Waals surface area contributed by atoms with Crippen LogP contribution in [0, 0.1) is 5.82 Å². The number of nitrogens with zero attached hydrogens (tertiary/aromatic N) is 1. The average molecular weight is 334 g/mol. The van der Waals surface area contributed by atoms with Gasteiger partial charge in [0.25, 0.3) is 5.91 Å². The lowest BCUT2D eigenvalue weighted by Crippen LogP contribution is -2.28. The van der Waals surface area contributed by atoms with E-state index in [1.807, 2.05) is 21.7 Å². The number of nitrogens with one attached hydrogen (secondary N) is 1. The fourth-order valence-corrected chi connectivity index (χ4v) is 3.44. The molecule has 1 aliphatic rings. The molecule has 1 fully saturated rings. The van der Waals surface area contributed by atoms with Crippen LogP contribution >= 0.6 is 11.3 Å². The molecule has 0 saturated carbocycles. The van der Waals surface area contributed by atoms with E-state index in [4.69, 9.17) is 0 Å². The Morgan fingerprint density at radius 3 is 2.78 bits per heavy atom. The lowest BCUT2D eigenvalue weighted by molar-refractivity contribution is 0.0916. The molecule has 2 heterocycles. The van der Waals surface area contributed by atoms with Gasteiger partial charge < -0.3 is 15.3 Å². The summed E-state index contributed by atoms with van der Waals surface area (Å²) in [5.74, 6) is -0.760. The number of rotatable bonds is 5. The Morgan fingerprint density at radius 1 is 1.35 bits per heavy atom. The summed E-state index contributed by atoms with van der Waals surface area (Å²) < 4.78 is 14.2. The van der Waals surface area contributed by atoms with Crippen molar-refractivity contribution in [2.75, 3.05) is 24.5 Å². The molecule has 0 spiro atoms. The molecule has 0 aliphatic carbocycles. The number of aliphatic hydroxyl groups is 1. The van der Waals surface area contributed by atoms with Gasteiger partial charge in [-0.05, 0) is 53.4 Å². The Balaban J connectivity index is 1.62. The van der Waals surface area contributed by atoms with Crippen molar-refractivity contribution < 1.29 is 14.3 Å². The monoisotopic (exact) mass is 334 g/mol. The van der Waals surface area contributed by atoms with Crippen molar-refractivity contribution in [3.63, 3.8) is 0 Å². The Bertz CT molecular complexity index is 669. The molecule has 3 rings (SSSR count). The number of benzene rings is 1. The maximum atomic E-state index is 14.2. The zero-order valence-corrected chi connectivity index (χ0v) is 13.5. The first kappa shape index (κ1) is 16.0. The molecule has 4 nitrogen and oxygen atoms in total. The van der Waals surface area contributed by atoms with Crippen LogP contribution in [0.3, 0.4) is 0 Å². The van der Waals surface area contributed by atoms with Crippen molar-refractivity contribution in [3.8, 4) is 0 Å². The van der Waals surface area contributed by atoms with Crippen LogP contribution in [-0.2, 0) is 0 Å². The van der Waals surface area contributed by atoms with E-state index in [-0.39, 0.29) is 23.8 Å². The predicted octanol–water partition coefficient (Wildman–Crippen LogP) is 2.95. The zero-order chi connectivity index (χ0) is 16.2. The maximum Gasteiger partial charge on any atom is 0.251 e. The summed E-state index contributed by atoms with van der Waals surface area (Å²) in [6.07, 6.45) is 1.39. The van der Waals surface area contributed by atoms with Gasteiger partial charge in [0.15, 0.2) is 0 Å². The number of hydrogen-bond donors (Lipinski definition) is 2. The summed E-state index contributed by atoms with van der Waals surface area (Å²) in [6.45, 7) is 1.82. The fourth-order valence-electron chi connectivity index (χ4n) is 2.74. The van der Waals surface area contributed by atoms with Gasteiger partial charge in [0.2, 0.25) is 0 Å². The van der Waals surface area contributed by atoms with Gasteiger partial charge in [0, 0.05) is 25.2 Å². The molecule has 1 aliphatic heterocycles. The highest BCUT2D eigenvalue weighted by Crippen LogP contribution is 2.24. The largest absolute Gasteiger partial charge is 0.387 e. The molecule has 23 heavy (non-hydrogen) atoms. The van der Waals surface area contributed by atoms with Crippen LogP contribution in [0.4, 0.5) is 10.1 Å². The molecular weight excluding hydrogens is 315 g/mol. The Hall–Kier alpha value is -1.92. The summed E-state index contributed by atoms with van der Waals surface area (Å²) in [5.41, 5.74) is 1.59. The topological polar surface area (TPSA) is 52.6 Å². The van der Waals surface area contributed by atoms with Crippen LogP contribution in [0.2, 0.25) is 0 Å². The third-order valence-electron chi connectivity index (χ3n) is 4.04. The first-order chi connectivity index (χ1) is 11.1. The van der Waals surface area contributed by atoms with Crippen molar-refractivity contribution >= 4 is 22.9 Å². The van der Waals surface area contributed by atoms with E-state index in [9.17, 15) is 14.3 Å². The van der Waals surface area contributed by atoms with Crippen molar-refractivity contribution in [2.24, 2.45) is 0 Å². The van der Waals surface area contributed by atoms with Gasteiger partial charge in [0.1, 0.15) is 5.82 Å². The first-order valence-corrected chi connectivity index (χ1v) is 8.62. The number of carbonyl (C=O) groups is 1. The number of carbonyl (C=O) groups excluding carboxylic acids is 1. The minimum absolute atomic E-state index is 0.102. The molecule has 0 radical (unpaired) electrons. The highest BCUT2D eigenvalue weighted by Gasteiger charge is 2.18. The maximum absolute atomic E-state index is 14.2. The molecule has 122 valence electrons. The number of hydrogen-bond acceptors (Lipinski definition) is 4. The molecular formula is C17H19FN2O2S. The highest BCUT2D eigenvalue weighted by molar-refractivity contribution is 7.07. The van der Waals surface area contributed by atoms with Crippen molar-refractivity contribution in [2.45, 2.75) is 18.9 Å². The van der Waals surface area contributed by atoms with E-state index in [1.54, 1.807) is 12.1 Å². The SMILES string of the molecule is O=C(NCC(O)c1ccsc1)c1ccc(N2CCCC2)c(F)c1. The quantitative estimate of drug-likeness (QED) is 0.884. The lowest BCUT2D eigenvalue weighted by atomic mass is 10.1. The molecule has 2 aromatic rings. The molecule has 2 N–H and O–H groups in total. The molecule has 6 heteroatoms. The van der Waals surface area contributed by atoms with Crippen LogP contribution in [0.15, 0.2) is 35.0 Å². The van der Waals surface area contributed by atoms with Crippen LogP contribution < -0.4 is 10.2 Å². The predicted molar refractivity (Wildman–Crippen MR) is 89.5 cm³/mol. The van der Waals surface area contributed by atoms with Crippen molar-refractivity contribution in [1.82, 2.24) is 5.32 Å². The standard InChI is InChI=1S/C17H19FN2O2S/c18-14-9-12(3-4-15(14)20-6-1-2-7-20)17(22)19-10-16(21)13-5-8-23-11-13/h3-5,8-9,11,16,21H,1-2,6-7,10H2,(H,19,22). The summed E-state index contributed by atoms with van der Waals surface area (Å²) in [4.78, 5) is 14.1. The average Bonchev–Trinajstić information content (AvgIpc) is 3.25. The minimum atomic E-state index is -0.751. The Morgan fingerprint density at radius 2 is 2.13 bits per heavy atom. The number of thiophene rings is 1. The van der Waals surface area contributed by atoms with Crippen molar-refractivity contribution in [1.29, 1.82) is 0 Å². The fraction of sp³-hybridized carbons (Fsp3) is 0.353. The summed E-state index contributed by atoms with van der Waals surface area (Å²) in [6, 6.07) is 6.36. The number of aliphatic hydroxyl groups excluding tert-OH is 1. The Kier molecular flexibility index (Phi) is 4.93. The first-order valence-electron chi connectivity index (χ1n) is 7.68. The molecule has 1 aromatic carbocycles. The van der Waals surface area contributed by atoms with E-state index in [0.717, 1.165) is 31.5 Å². The molecule has 0 bridgehead atoms. The van der Waals surface area contributed by atoms with Crippen molar-refractivity contribution in [3.05, 3.63) is 52.0 Å². The number of halogens is 1. The van der Waals surface area contributed by atoms with E-state index >= 15 is 0 Å². The summed E-state index contributed by atoms with van der Waals surface area (Å²) in [5, 5.41) is 16.3. The van der Waals surface area contributed by atoms with E-state index in [0.29, 0.717) is 5.69 Å². The molecule has 1 aromatic heterocycles.